The van der Waals surface area contributed by atoms with E-state index in [1.165, 1.54) is 13.2 Å². The first-order chi connectivity index (χ1) is 12.7. The van der Waals surface area contributed by atoms with Gasteiger partial charge in [0.05, 0.1) is 7.11 Å². The molecule has 26 heavy (non-hydrogen) atoms. The molecule has 2 aromatic rings. The van der Waals surface area contributed by atoms with E-state index in [-0.39, 0.29) is 12.2 Å². The minimum Gasteiger partial charge on any atom is -0.493 e. The number of benzene rings is 2. The fourth-order valence-electron chi connectivity index (χ4n) is 2.19. The Morgan fingerprint density at radius 1 is 1.15 bits per heavy atom. The maximum absolute atomic E-state index is 12.2. The van der Waals surface area contributed by atoms with Crippen molar-refractivity contribution >= 4 is 12.0 Å². The fraction of sp³-hybridized carbons (Fsp3) is 0.150. The molecular formula is C20H17N3O3. The molecule has 2 aromatic carbocycles. The van der Waals surface area contributed by atoms with E-state index in [9.17, 15) is 10.1 Å². The number of ether oxygens (including phenoxy) is 2. The number of amides is 1. The molecule has 2 rings (SSSR count). The van der Waals surface area contributed by atoms with Gasteiger partial charge >= 0.3 is 0 Å². The van der Waals surface area contributed by atoms with Crippen molar-refractivity contribution in [3.63, 3.8) is 0 Å². The van der Waals surface area contributed by atoms with Crippen molar-refractivity contribution < 1.29 is 14.3 Å². The van der Waals surface area contributed by atoms with Gasteiger partial charge in [-0.15, -0.1) is 0 Å². The SMILES string of the molecule is COc1cc(/C=C(\C#N)C(=O)NCc2ccccc2)ccc1OCC#N. The zero-order valence-corrected chi connectivity index (χ0v) is 14.2. The maximum atomic E-state index is 12.2. The zero-order chi connectivity index (χ0) is 18.8. The van der Waals surface area contributed by atoms with Crippen molar-refractivity contribution in [1.82, 2.24) is 5.32 Å². The van der Waals surface area contributed by atoms with Crippen molar-refractivity contribution in [2.45, 2.75) is 6.54 Å². The Bertz CT molecular complexity index is 877. The molecule has 0 spiro atoms. The summed E-state index contributed by atoms with van der Waals surface area (Å²) in [7, 11) is 1.47. The standard InChI is InChI=1S/C20H17N3O3/c1-25-19-12-16(7-8-18(19)26-10-9-21)11-17(13-22)20(24)23-14-15-5-3-2-4-6-15/h2-8,11-12H,10,14H2,1H3,(H,23,24)/b17-11+. The Labute approximate surface area is 151 Å². The molecule has 0 fully saturated rings. The van der Waals surface area contributed by atoms with E-state index in [1.54, 1.807) is 18.2 Å². The molecule has 0 saturated carbocycles. The highest BCUT2D eigenvalue weighted by atomic mass is 16.5. The highest BCUT2D eigenvalue weighted by molar-refractivity contribution is 6.01. The van der Waals surface area contributed by atoms with Crippen LogP contribution in [0.2, 0.25) is 0 Å². The first-order valence-electron chi connectivity index (χ1n) is 7.79. The van der Waals surface area contributed by atoms with Crippen LogP contribution >= 0.6 is 0 Å². The summed E-state index contributed by atoms with van der Waals surface area (Å²) in [6.45, 7) is 0.236. The number of hydrogen-bond acceptors (Lipinski definition) is 5. The van der Waals surface area contributed by atoms with Crippen LogP contribution in [0.25, 0.3) is 6.08 Å². The first-order valence-corrected chi connectivity index (χ1v) is 7.79. The molecule has 0 unspecified atom stereocenters. The quantitative estimate of drug-likeness (QED) is 0.614. The van der Waals surface area contributed by atoms with Gasteiger partial charge in [-0.2, -0.15) is 10.5 Å². The molecule has 6 nitrogen and oxygen atoms in total. The molecule has 0 bridgehead atoms. The number of rotatable bonds is 7. The fourth-order valence-corrected chi connectivity index (χ4v) is 2.19. The van der Waals surface area contributed by atoms with Crippen LogP contribution in [0.4, 0.5) is 0 Å². The van der Waals surface area contributed by atoms with Gasteiger partial charge in [0.1, 0.15) is 17.7 Å². The average Bonchev–Trinajstić information content (AvgIpc) is 2.69. The lowest BCUT2D eigenvalue weighted by Gasteiger charge is -2.09. The van der Waals surface area contributed by atoms with Crippen molar-refractivity contribution in [1.29, 1.82) is 10.5 Å². The second-order valence-electron chi connectivity index (χ2n) is 5.20. The number of nitriles is 2. The summed E-state index contributed by atoms with van der Waals surface area (Å²) in [5, 5.41) is 20.6. The zero-order valence-electron chi connectivity index (χ0n) is 14.2. The summed E-state index contributed by atoms with van der Waals surface area (Å²) in [5.41, 5.74) is 1.53. The first kappa shape index (κ1) is 18.6. The lowest BCUT2D eigenvalue weighted by atomic mass is 10.1. The van der Waals surface area contributed by atoms with Gasteiger partial charge in [-0.1, -0.05) is 36.4 Å². The topological polar surface area (TPSA) is 95.1 Å². The summed E-state index contributed by atoms with van der Waals surface area (Å²) in [5.74, 6) is 0.370. The summed E-state index contributed by atoms with van der Waals surface area (Å²) in [6.07, 6.45) is 1.47. The molecule has 1 amide bonds. The molecule has 0 atom stereocenters. The van der Waals surface area contributed by atoms with Crippen LogP contribution < -0.4 is 14.8 Å². The van der Waals surface area contributed by atoms with Crippen LogP contribution in [0.5, 0.6) is 11.5 Å². The van der Waals surface area contributed by atoms with Gasteiger partial charge in [0.2, 0.25) is 0 Å². The van der Waals surface area contributed by atoms with Crippen molar-refractivity contribution in [2.75, 3.05) is 13.7 Å². The molecule has 1 N–H and O–H groups in total. The Balaban J connectivity index is 2.13. The van der Waals surface area contributed by atoms with Crippen LogP contribution in [-0.2, 0) is 11.3 Å². The van der Waals surface area contributed by atoms with Crippen LogP contribution in [0, 0.1) is 22.7 Å². The normalized spacial score (nSPS) is 10.3. The van der Waals surface area contributed by atoms with E-state index in [0.29, 0.717) is 23.6 Å². The van der Waals surface area contributed by atoms with Crippen LogP contribution in [0.15, 0.2) is 54.1 Å². The summed E-state index contributed by atoms with van der Waals surface area (Å²) in [4.78, 5) is 12.2. The Morgan fingerprint density at radius 3 is 2.58 bits per heavy atom. The molecule has 6 heteroatoms. The predicted octanol–water partition coefficient (Wildman–Crippen LogP) is 2.82. The minimum absolute atomic E-state index is 0.0197. The maximum Gasteiger partial charge on any atom is 0.262 e. The van der Waals surface area contributed by atoms with E-state index >= 15 is 0 Å². The van der Waals surface area contributed by atoms with Crippen molar-refractivity contribution in [2.24, 2.45) is 0 Å². The third-order valence-electron chi connectivity index (χ3n) is 3.45. The highest BCUT2D eigenvalue weighted by Crippen LogP contribution is 2.28. The second kappa shape index (κ2) is 9.51. The van der Waals surface area contributed by atoms with Crippen molar-refractivity contribution in [3.8, 4) is 23.6 Å². The highest BCUT2D eigenvalue weighted by Gasteiger charge is 2.10. The van der Waals surface area contributed by atoms with E-state index in [0.717, 1.165) is 5.56 Å². The molecule has 0 aliphatic carbocycles. The third-order valence-corrected chi connectivity index (χ3v) is 3.45. The molecule has 0 heterocycles. The summed E-state index contributed by atoms with van der Waals surface area (Å²) < 4.78 is 10.5. The van der Waals surface area contributed by atoms with E-state index in [4.69, 9.17) is 14.7 Å². The Kier molecular flexibility index (Phi) is 6.79. The van der Waals surface area contributed by atoms with Crippen molar-refractivity contribution in [3.05, 3.63) is 65.2 Å². The average molecular weight is 347 g/mol. The molecule has 0 radical (unpaired) electrons. The van der Waals surface area contributed by atoms with Gasteiger partial charge in [-0.3, -0.25) is 4.79 Å². The molecule has 0 saturated heterocycles. The lowest BCUT2D eigenvalue weighted by Crippen LogP contribution is -2.23. The number of carbonyl (C=O) groups excluding carboxylic acids is 1. The molecule has 0 aliphatic rings. The predicted molar refractivity (Wildman–Crippen MR) is 96.0 cm³/mol. The third kappa shape index (κ3) is 5.12. The van der Waals surface area contributed by atoms with Crippen LogP contribution in [0.1, 0.15) is 11.1 Å². The summed E-state index contributed by atoms with van der Waals surface area (Å²) >= 11 is 0. The monoisotopic (exact) mass is 347 g/mol. The Morgan fingerprint density at radius 2 is 1.92 bits per heavy atom. The van der Waals surface area contributed by atoms with Gasteiger partial charge in [0.15, 0.2) is 18.1 Å². The summed E-state index contributed by atoms with van der Waals surface area (Å²) in [6, 6.07) is 18.2. The molecule has 0 aliphatic heterocycles. The van der Waals surface area contributed by atoms with Gasteiger partial charge in [0.25, 0.3) is 5.91 Å². The van der Waals surface area contributed by atoms with Crippen LogP contribution in [-0.4, -0.2) is 19.6 Å². The number of carbonyl (C=O) groups is 1. The number of hydrogen-bond donors (Lipinski definition) is 1. The van der Waals surface area contributed by atoms with Gasteiger partial charge in [-0.25, -0.2) is 0 Å². The van der Waals surface area contributed by atoms with Gasteiger partial charge in [-0.05, 0) is 29.3 Å². The Hall–Kier alpha value is -3.77. The minimum atomic E-state index is -0.458. The molecule has 130 valence electrons. The van der Waals surface area contributed by atoms with E-state index < -0.39 is 5.91 Å². The van der Waals surface area contributed by atoms with E-state index in [1.807, 2.05) is 42.5 Å². The lowest BCUT2D eigenvalue weighted by molar-refractivity contribution is -0.117. The number of methoxy groups -OCH3 is 1. The van der Waals surface area contributed by atoms with E-state index in [2.05, 4.69) is 5.32 Å². The molecule has 0 aromatic heterocycles. The molecular weight excluding hydrogens is 330 g/mol. The smallest absolute Gasteiger partial charge is 0.262 e. The largest absolute Gasteiger partial charge is 0.493 e. The van der Waals surface area contributed by atoms with Gasteiger partial charge in [0, 0.05) is 6.54 Å². The van der Waals surface area contributed by atoms with Gasteiger partial charge < -0.3 is 14.8 Å². The number of nitrogens with zero attached hydrogens (tertiary/aromatic N) is 2. The second-order valence-corrected chi connectivity index (χ2v) is 5.20. The van der Waals surface area contributed by atoms with Crippen LogP contribution in [0.3, 0.4) is 0 Å². The number of nitrogens with one attached hydrogen (secondary N) is 1.